The third kappa shape index (κ3) is 3.36. The summed E-state index contributed by atoms with van der Waals surface area (Å²) in [6, 6.07) is 0. The van der Waals surface area contributed by atoms with Crippen molar-refractivity contribution in [1.29, 1.82) is 0 Å². The minimum Gasteiger partial charge on any atom is -0.316 e. The summed E-state index contributed by atoms with van der Waals surface area (Å²) in [6.07, 6.45) is 5.10. The van der Waals surface area contributed by atoms with Gasteiger partial charge >= 0.3 is 0 Å². The Morgan fingerprint density at radius 2 is 2.00 bits per heavy atom. The monoisotopic (exact) mass is 269 g/mol. The van der Waals surface area contributed by atoms with Crippen molar-refractivity contribution < 1.29 is 0 Å². The molecule has 0 aliphatic carbocycles. The topological polar surface area (TPSA) is 37.8 Å². The number of nitrogens with one attached hydrogen (secondary N) is 1. The van der Waals surface area contributed by atoms with E-state index in [1.54, 1.807) is 0 Å². The number of hydrogen-bond donors (Lipinski definition) is 1. The molecule has 1 aromatic heterocycles. The molecule has 2 unspecified atom stereocenters. The molecule has 0 aromatic carbocycles. The van der Waals surface area contributed by atoms with Gasteiger partial charge in [0.25, 0.3) is 0 Å². The first-order valence-corrected chi connectivity index (χ1v) is 8.13. The third-order valence-electron chi connectivity index (χ3n) is 2.81. The number of hydrogen-bond acceptors (Lipinski definition) is 5. The van der Waals surface area contributed by atoms with Gasteiger partial charge < -0.3 is 5.32 Å². The largest absolute Gasteiger partial charge is 0.316 e. The quantitative estimate of drug-likeness (QED) is 0.909. The van der Waals surface area contributed by atoms with E-state index in [2.05, 4.69) is 34.0 Å². The van der Waals surface area contributed by atoms with Crippen LogP contribution in [0.2, 0.25) is 0 Å². The van der Waals surface area contributed by atoms with E-state index in [0.29, 0.717) is 10.5 Å². The molecule has 0 bridgehead atoms. The lowest BCUT2D eigenvalue weighted by molar-refractivity contribution is 0.738. The number of rotatable bonds is 4. The van der Waals surface area contributed by atoms with Crippen LogP contribution < -0.4 is 5.32 Å². The third-order valence-corrected chi connectivity index (χ3v) is 6.06. The fourth-order valence-corrected chi connectivity index (χ4v) is 4.96. The van der Waals surface area contributed by atoms with Gasteiger partial charge in [-0.05, 0) is 13.5 Å². The average molecular weight is 269 g/mol. The number of nitrogens with zero attached hydrogens (tertiary/aromatic N) is 2. The van der Waals surface area contributed by atoms with Crippen LogP contribution in [0, 0.1) is 0 Å². The maximum atomic E-state index is 4.53. The molecular formula is C12H19N3S2. The van der Waals surface area contributed by atoms with Crippen molar-refractivity contribution in [1.82, 2.24) is 15.3 Å². The first kappa shape index (κ1) is 13.2. The SMILES string of the molecule is CCC1SCCSC1c1ncc(CNC)cn1. The molecule has 2 rings (SSSR count). The molecule has 0 spiro atoms. The van der Waals surface area contributed by atoms with Crippen LogP contribution in [-0.2, 0) is 6.54 Å². The van der Waals surface area contributed by atoms with Crippen LogP contribution in [0.4, 0.5) is 0 Å². The molecule has 17 heavy (non-hydrogen) atoms. The van der Waals surface area contributed by atoms with E-state index in [9.17, 15) is 0 Å². The average Bonchev–Trinajstić information content (AvgIpc) is 2.40. The molecule has 1 saturated heterocycles. The summed E-state index contributed by atoms with van der Waals surface area (Å²) in [4.78, 5) is 9.07. The molecule has 0 radical (unpaired) electrons. The van der Waals surface area contributed by atoms with Crippen LogP contribution in [0.15, 0.2) is 12.4 Å². The van der Waals surface area contributed by atoms with Gasteiger partial charge in [-0.25, -0.2) is 9.97 Å². The Kier molecular flexibility index (Phi) is 5.13. The second kappa shape index (κ2) is 6.61. The van der Waals surface area contributed by atoms with Crippen molar-refractivity contribution in [3.8, 4) is 0 Å². The molecule has 1 aromatic rings. The van der Waals surface area contributed by atoms with Gasteiger partial charge in [-0.2, -0.15) is 11.8 Å². The van der Waals surface area contributed by atoms with E-state index in [1.165, 1.54) is 17.9 Å². The molecule has 94 valence electrons. The summed E-state index contributed by atoms with van der Waals surface area (Å²) >= 11 is 4.07. The van der Waals surface area contributed by atoms with Crippen LogP contribution >= 0.6 is 23.5 Å². The molecule has 3 nitrogen and oxygen atoms in total. The Balaban J connectivity index is 2.09. The first-order chi connectivity index (χ1) is 8.35. The molecule has 5 heteroatoms. The Bertz CT molecular complexity index is 342. The van der Waals surface area contributed by atoms with E-state index in [4.69, 9.17) is 0 Å². The normalized spacial score (nSPS) is 24.8. The van der Waals surface area contributed by atoms with Gasteiger partial charge in [-0.15, -0.1) is 11.8 Å². The molecule has 1 aliphatic heterocycles. The van der Waals surface area contributed by atoms with Crippen molar-refractivity contribution in [2.45, 2.75) is 30.4 Å². The predicted molar refractivity (Wildman–Crippen MR) is 76.5 cm³/mol. The zero-order chi connectivity index (χ0) is 12.1. The molecule has 1 fully saturated rings. The summed E-state index contributed by atoms with van der Waals surface area (Å²) in [6.45, 7) is 3.09. The maximum Gasteiger partial charge on any atom is 0.142 e. The van der Waals surface area contributed by atoms with Crippen LogP contribution in [0.3, 0.4) is 0 Å². The molecule has 1 N–H and O–H groups in total. The zero-order valence-corrected chi connectivity index (χ0v) is 12.0. The van der Waals surface area contributed by atoms with Crippen LogP contribution in [0.5, 0.6) is 0 Å². The van der Waals surface area contributed by atoms with E-state index in [0.717, 1.165) is 17.9 Å². The smallest absolute Gasteiger partial charge is 0.142 e. The van der Waals surface area contributed by atoms with E-state index < -0.39 is 0 Å². The fourth-order valence-electron chi connectivity index (χ4n) is 1.95. The lowest BCUT2D eigenvalue weighted by Crippen LogP contribution is -2.20. The van der Waals surface area contributed by atoms with Crippen molar-refractivity contribution in [2.75, 3.05) is 18.6 Å². The summed E-state index contributed by atoms with van der Waals surface area (Å²) < 4.78 is 0. The van der Waals surface area contributed by atoms with E-state index in [1.807, 2.05) is 31.2 Å². The summed E-state index contributed by atoms with van der Waals surface area (Å²) in [5.41, 5.74) is 1.15. The minimum absolute atomic E-state index is 0.474. The Hall–Kier alpha value is -0.260. The Morgan fingerprint density at radius 3 is 2.65 bits per heavy atom. The zero-order valence-electron chi connectivity index (χ0n) is 10.3. The first-order valence-electron chi connectivity index (χ1n) is 6.03. The van der Waals surface area contributed by atoms with Crippen molar-refractivity contribution in [3.05, 3.63) is 23.8 Å². The van der Waals surface area contributed by atoms with Gasteiger partial charge in [0.05, 0.1) is 5.25 Å². The van der Waals surface area contributed by atoms with Crippen molar-refractivity contribution in [2.24, 2.45) is 0 Å². The summed E-state index contributed by atoms with van der Waals surface area (Å²) in [5.74, 6) is 3.49. The van der Waals surface area contributed by atoms with Crippen LogP contribution in [0.1, 0.15) is 30.0 Å². The molecular weight excluding hydrogens is 250 g/mol. The fraction of sp³-hybridized carbons (Fsp3) is 0.667. The molecule has 2 atom stereocenters. The molecule has 0 amide bonds. The number of aromatic nitrogens is 2. The standard InChI is InChI=1S/C12H19N3S2/c1-3-10-11(17-5-4-16-10)12-14-7-9(6-13-2)8-15-12/h7-8,10-11,13H,3-6H2,1-2H3. The Labute approximate surface area is 112 Å². The van der Waals surface area contributed by atoms with E-state index >= 15 is 0 Å². The number of thioether (sulfide) groups is 2. The highest BCUT2D eigenvalue weighted by atomic mass is 32.2. The van der Waals surface area contributed by atoms with Crippen LogP contribution in [0.25, 0.3) is 0 Å². The lowest BCUT2D eigenvalue weighted by Gasteiger charge is -2.28. The van der Waals surface area contributed by atoms with Gasteiger partial charge in [0.1, 0.15) is 5.82 Å². The highest BCUT2D eigenvalue weighted by molar-refractivity contribution is 8.06. The van der Waals surface area contributed by atoms with Gasteiger partial charge in [-0.1, -0.05) is 6.92 Å². The summed E-state index contributed by atoms with van der Waals surface area (Å²) in [7, 11) is 1.94. The minimum atomic E-state index is 0.474. The van der Waals surface area contributed by atoms with Crippen LogP contribution in [-0.4, -0.2) is 33.8 Å². The van der Waals surface area contributed by atoms with Gasteiger partial charge in [0.15, 0.2) is 0 Å². The molecule has 0 saturated carbocycles. The second-order valence-corrected chi connectivity index (χ2v) is 6.69. The highest BCUT2D eigenvalue weighted by Gasteiger charge is 2.28. The molecule has 2 heterocycles. The van der Waals surface area contributed by atoms with Crippen molar-refractivity contribution >= 4 is 23.5 Å². The van der Waals surface area contributed by atoms with Gasteiger partial charge in [0.2, 0.25) is 0 Å². The van der Waals surface area contributed by atoms with Crippen molar-refractivity contribution in [3.63, 3.8) is 0 Å². The van der Waals surface area contributed by atoms with Gasteiger partial charge in [0, 0.05) is 41.3 Å². The van der Waals surface area contributed by atoms with E-state index in [-0.39, 0.29) is 0 Å². The lowest BCUT2D eigenvalue weighted by atomic mass is 10.2. The second-order valence-electron chi connectivity index (χ2n) is 4.09. The Morgan fingerprint density at radius 1 is 1.29 bits per heavy atom. The summed E-state index contributed by atoms with van der Waals surface area (Å²) in [5, 5.41) is 4.26. The van der Waals surface area contributed by atoms with Gasteiger partial charge in [-0.3, -0.25) is 0 Å². The molecule has 1 aliphatic rings. The predicted octanol–water partition coefficient (Wildman–Crippen LogP) is 2.50. The highest BCUT2D eigenvalue weighted by Crippen LogP contribution is 2.42. The maximum absolute atomic E-state index is 4.53.